The fraction of sp³-hybridized carbons (Fsp3) is 0.333. The van der Waals surface area contributed by atoms with Crippen LogP contribution in [0, 0.1) is 12.8 Å². The van der Waals surface area contributed by atoms with Gasteiger partial charge in [-0.1, -0.05) is 69.3 Å². The third-order valence-corrected chi connectivity index (χ3v) is 6.58. The van der Waals surface area contributed by atoms with Gasteiger partial charge < -0.3 is 14.6 Å². The molecule has 4 heteroatoms. The van der Waals surface area contributed by atoms with E-state index in [4.69, 9.17) is 9.47 Å². The smallest absolute Gasteiger partial charge is 0.188 e. The molecule has 3 atom stereocenters. The zero-order chi connectivity index (χ0) is 19.9. The summed E-state index contributed by atoms with van der Waals surface area (Å²) >= 11 is 0. The molecule has 0 saturated heterocycles. The number of ether oxygens (including phenoxy) is 2. The minimum Gasteiger partial charge on any atom is -0.467 e. The molecule has 0 aromatic heterocycles. The lowest BCUT2D eigenvalue weighted by atomic mass is 9.93. The number of rotatable bonds is 8. The highest BCUT2D eigenvalue weighted by atomic mass is 31.1. The minimum absolute atomic E-state index is 0.228. The summed E-state index contributed by atoms with van der Waals surface area (Å²) in [6.07, 6.45) is 10.2. The average molecular weight is 396 g/mol. The molecule has 1 N–H and O–H groups in total. The lowest BCUT2D eigenvalue weighted by Crippen LogP contribution is -2.18. The number of aliphatic hydroxyl groups is 1. The Labute approximate surface area is 169 Å². The van der Waals surface area contributed by atoms with Crippen LogP contribution in [0.5, 0.6) is 5.75 Å². The predicted octanol–water partition coefficient (Wildman–Crippen LogP) is 4.34. The van der Waals surface area contributed by atoms with Crippen LogP contribution in [0.3, 0.4) is 0 Å². The number of para-hydroxylation sites is 1. The molecule has 0 aliphatic heterocycles. The van der Waals surface area contributed by atoms with Gasteiger partial charge in [-0.2, -0.15) is 0 Å². The zero-order valence-corrected chi connectivity index (χ0v) is 17.8. The second-order valence-corrected chi connectivity index (χ2v) is 8.49. The van der Waals surface area contributed by atoms with Gasteiger partial charge in [-0.05, 0) is 54.6 Å². The summed E-state index contributed by atoms with van der Waals surface area (Å²) < 4.78 is 11.2. The maximum Gasteiger partial charge on any atom is 0.188 e. The number of aliphatic hydroxyl groups excluding tert-OH is 1. The molecule has 28 heavy (non-hydrogen) atoms. The molecule has 3 nitrogen and oxygen atoms in total. The van der Waals surface area contributed by atoms with E-state index in [2.05, 4.69) is 55.5 Å². The highest BCUT2D eigenvalue weighted by Crippen LogP contribution is 2.30. The van der Waals surface area contributed by atoms with Crippen molar-refractivity contribution >= 4 is 19.2 Å². The number of hydrogen-bond acceptors (Lipinski definition) is 3. The van der Waals surface area contributed by atoms with Crippen molar-refractivity contribution in [3.63, 3.8) is 0 Å². The monoisotopic (exact) mass is 396 g/mol. The van der Waals surface area contributed by atoms with Crippen molar-refractivity contribution in [3.05, 3.63) is 77.4 Å². The van der Waals surface area contributed by atoms with Gasteiger partial charge in [0.1, 0.15) is 5.75 Å². The number of methoxy groups -OCH3 is 1. The van der Waals surface area contributed by atoms with Gasteiger partial charge in [0.25, 0.3) is 0 Å². The molecule has 2 aromatic carbocycles. The molecular formula is C24H29O3P. The second-order valence-electron chi connectivity index (χ2n) is 7.20. The first-order valence-electron chi connectivity index (χ1n) is 9.71. The van der Waals surface area contributed by atoms with Crippen LogP contribution >= 0.6 is 8.58 Å². The van der Waals surface area contributed by atoms with Crippen LogP contribution in [0.2, 0.25) is 0 Å². The van der Waals surface area contributed by atoms with Crippen molar-refractivity contribution in [3.8, 4) is 5.75 Å². The van der Waals surface area contributed by atoms with E-state index in [-0.39, 0.29) is 6.79 Å². The maximum absolute atomic E-state index is 10.2. The van der Waals surface area contributed by atoms with E-state index in [9.17, 15) is 5.11 Å². The highest BCUT2D eigenvalue weighted by molar-refractivity contribution is 7.56. The fourth-order valence-corrected chi connectivity index (χ4v) is 5.05. The van der Waals surface area contributed by atoms with Crippen LogP contribution < -0.4 is 15.3 Å². The lowest BCUT2D eigenvalue weighted by Gasteiger charge is -2.21. The fourth-order valence-electron chi connectivity index (χ4n) is 3.54. The topological polar surface area (TPSA) is 38.7 Å². The lowest BCUT2D eigenvalue weighted by molar-refractivity contribution is 0.0511. The van der Waals surface area contributed by atoms with Crippen LogP contribution in [0.4, 0.5) is 0 Å². The van der Waals surface area contributed by atoms with Gasteiger partial charge in [0.15, 0.2) is 6.79 Å². The minimum atomic E-state index is -0.493. The standard InChI is InChI=1S/C24H29O3P/c1-17-9-7-13-21(18(2)25)24(17)28-22-14-8-12-20(23(22)27-16-26-3)15-19-10-5-4-6-11-19/h4-10,12-14,18-19,25,28H,11,15-16H2,1-3H3. The molecule has 0 spiro atoms. The molecule has 0 saturated carbocycles. The Balaban J connectivity index is 1.95. The molecule has 0 heterocycles. The van der Waals surface area contributed by atoms with Gasteiger partial charge in [0.2, 0.25) is 0 Å². The first kappa shape index (κ1) is 20.8. The van der Waals surface area contributed by atoms with Gasteiger partial charge in [0.05, 0.1) is 6.10 Å². The number of hydrogen-bond donors (Lipinski definition) is 1. The van der Waals surface area contributed by atoms with Gasteiger partial charge in [0, 0.05) is 12.4 Å². The van der Waals surface area contributed by atoms with Crippen LogP contribution in [-0.2, 0) is 11.2 Å². The van der Waals surface area contributed by atoms with Crippen LogP contribution in [0.15, 0.2) is 60.7 Å². The molecule has 2 aromatic rings. The maximum atomic E-state index is 10.2. The second kappa shape index (κ2) is 10.0. The summed E-state index contributed by atoms with van der Waals surface area (Å²) in [6.45, 7) is 4.16. The molecular weight excluding hydrogens is 367 g/mol. The van der Waals surface area contributed by atoms with E-state index in [0.29, 0.717) is 14.5 Å². The van der Waals surface area contributed by atoms with E-state index < -0.39 is 6.10 Å². The predicted molar refractivity (Wildman–Crippen MR) is 118 cm³/mol. The molecule has 0 bridgehead atoms. The highest BCUT2D eigenvalue weighted by Gasteiger charge is 2.17. The Morgan fingerprint density at radius 3 is 2.71 bits per heavy atom. The number of aryl methyl sites for hydroxylation is 1. The first-order chi connectivity index (χ1) is 13.6. The summed E-state index contributed by atoms with van der Waals surface area (Å²) in [6, 6.07) is 12.5. The Morgan fingerprint density at radius 2 is 2.00 bits per heavy atom. The van der Waals surface area contributed by atoms with Crippen molar-refractivity contribution in [1.82, 2.24) is 0 Å². The molecule has 0 fully saturated rings. The number of allylic oxidation sites excluding steroid dienone is 4. The van der Waals surface area contributed by atoms with Gasteiger partial charge in [-0.25, -0.2) is 0 Å². The normalized spacial score (nSPS) is 17.4. The zero-order valence-electron chi connectivity index (χ0n) is 16.8. The van der Waals surface area contributed by atoms with E-state index in [1.165, 1.54) is 16.4 Å². The van der Waals surface area contributed by atoms with Crippen LogP contribution in [0.25, 0.3) is 0 Å². The molecule has 0 radical (unpaired) electrons. The van der Waals surface area contributed by atoms with Gasteiger partial charge in [-0.15, -0.1) is 0 Å². The quantitative estimate of drug-likeness (QED) is 0.533. The molecule has 1 aliphatic carbocycles. The van der Waals surface area contributed by atoms with Crippen LogP contribution in [0.1, 0.15) is 36.1 Å². The SMILES string of the molecule is COCOc1c(CC2C=CC=CC2)cccc1Pc1c(C)cccc1C(C)O. The Morgan fingerprint density at radius 1 is 1.18 bits per heavy atom. The summed E-state index contributed by atoms with van der Waals surface area (Å²) in [7, 11) is 2.06. The van der Waals surface area contributed by atoms with Crippen molar-refractivity contribution < 1.29 is 14.6 Å². The van der Waals surface area contributed by atoms with Crippen molar-refractivity contribution in [2.75, 3.05) is 13.9 Å². The molecule has 0 amide bonds. The summed E-state index contributed by atoms with van der Waals surface area (Å²) in [5.74, 6) is 1.41. The number of benzene rings is 2. The molecule has 3 rings (SSSR count). The first-order valence-corrected chi connectivity index (χ1v) is 10.7. The summed E-state index contributed by atoms with van der Waals surface area (Å²) in [4.78, 5) is 0. The third kappa shape index (κ3) is 5.11. The Kier molecular flexibility index (Phi) is 7.44. The molecule has 1 aliphatic rings. The van der Waals surface area contributed by atoms with E-state index in [0.717, 1.165) is 29.5 Å². The van der Waals surface area contributed by atoms with Gasteiger partial charge in [-0.3, -0.25) is 0 Å². The van der Waals surface area contributed by atoms with Crippen LogP contribution in [-0.4, -0.2) is 19.0 Å². The molecule has 3 unspecified atom stereocenters. The van der Waals surface area contributed by atoms with E-state index in [1.807, 2.05) is 19.1 Å². The molecule has 148 valence electrons. The Bertz CT molecular complexity index is 855. The van der Waals surface area contributed by atoms with Crippen molar-refractivity contribution in [1.29, 1.82) is 0 Å². The van der Waals surface area contributed by atoms with Crippen molar-refractivity contribution in [2.24, 2.45) is 5.92 Å². The van der Waals surface area contributed by atoms with E-state index >= 15 is 0 Å². The van der Waals surface area contributed by atoms with Crippen molar-refractivity contribution in [2.45, 2.75) is 32.8 Å². The van der Waals surface area contributed by atoms with Gasteiger partial charge >= 0.3 is 0 Å². The third-order valence-electron chi connectivity index (χ3n) is 4.98. The summed E-state index contributed by atoms with van der Waals surface area (Å²) in [5, 5.41) is 12.6. The average Bonchev–Trinajstić information content (AvgIpc) is 2.69. The van der Waals surface area contributed by atoms with E-state index in [1.54, 1.807) is 7.11 Å². The summed E-state index contributed by atoms with van der Waals surface area (Å²) in [5.41, 5.74) is 3.39. The Hall–Kier alpha value is -1.93. The largest absolute Gasteiger partial charge is 0.467 e.